The number of hydrogen-bond acceptors (Lipinski definition) is 2. The predicted molar refractivity (Wildman–Crippen MR) is 85.3 cm³/mol. The van der Waals surface area contributed by atoms with E-state index in [0.717, 1.165) is 31.7 Å². The van der Waals surface area contributed by atoms with Crippen molar-refractivity contribution in [3.05, 3.63) is 53.7 Å². The molecule has 0 radical (unpaired) electrons. The first-order valence-corrected chi connectivity index (χ1v) is 8.10. The van der Waals surface area contributed by atoms with Crippen molar-refractivity contribution in [1.82, 2.24) is 4.98 Å². The van der Waals surface area contributed by atoms with Crippen molar-refractivity contribution < 1.29 is 18.0 Å². The van der Waals surface area contributed by atoms with E-state index in [1.807, 2.05) is 0 Å². The van der Waals surface area contributed by atoms with Crippen molar-refractivity contribution in [3.8, 4) is 11.3 Å². The summed E-state index contributed by atoms with van der Waals surface area (Å²) in [5.41, 5.74) is -0.0602. The molecule has 0 atom stereocenters. The van der Waals surface area contributed by atoms with E-state index in [1.54, 1.807) is 24.3 Å². The Morgan fingerprint density at radius 2 is 1.83 bits per heavy atom. The minimum absolute atomic E-state index is 0.0175. The fraction of sp³-hybridized carbons (Fsp3) is 0.368. The summed E-state index contributed by atoms with van der Waals surface area (Å²) >= 11 is 0. The van der Waals surface area contributed by atoms with Crippen LogP contribution in [0.25, 0.3) is 11.3 Å². The summed E-state index contributed by atoms with van der Waals surface area (Å²) < 4.78 is 40.3. The monoisotopic (exact) mass is 333 g/mol. The zero-order chi connectivity index (χ0) is 17.2. The van der Waals surface area contributed by atoms with E-state index in [4.69, 9.17) is 0 Å². The van der Waals surface area contributed by atoms with Crippen LogP contribution in [0.1, 0.15) is 36.8 Å². The number of hydrogen-bond donors (Lipinski definition) is 0. The van der Waals surface area contributed by atoms with E-state index < -0.39 is 11.7 Å². The third-order valence-electron chi connectivity index (χ3n) is 4.55. The zero-order valence-corrected chi connectivity index (χ0v) is 13.1. The van der Waals surface area contributed by atoms with Gasteiger partial charge in [0.15, 0.2) is 0 Å². The molecule has 2 aromatic rings. The maximum atomic E-state index is 13.4. The third kappa shape index (κ3) is 3.50. The number of benzene rings is 1. The Kier molecular flexibility index (Phi) is 4.69. The van der Waals surface area contributed by atoms with Crippen LogP contribution in [0.5, 0.6) is 0 Å². The van der Waals surface area contributed by atoms with Crippen LogP contribution in [0.15, 0.2) is 42.6 Å². The lowest BCUT2D eigenvalue weighted by Gasteiger charge is -2.17. The first-order chi connectivity index (χ1) is 11.5. The van der Waals surface area contributed by atoms with E-state index >= 15 is 0 Å². The number of rotatable bonds is 4. The Morgan fingerprint density at radius 1 is 1.08 bits per heavy atom. The van der Waals surface area contributed by atoms with Gasteiger partial charge in [-0.1, -0.05) is 31.0 Å². The maximum Gasteiger partial charge on any atom is 0.417 e. The van der Waals surface area contributed by atoms with Crippen LogP contribution in [0.2, 0.25) is 0 Å². The Hall–Kier alpha value is -2.17. The van der Waals surface area contributed by atoms with Gasteiger partial charge in [0.25, 0.3) is 0 Å². The van der Waals surface area contributed by atoms with Gasteiger partial charge in [0.1, 0.15) is 5.78 Å². The average molecular weight is 333 g/mol. The average Bonchev–Trinajstić information content (AvgIpc) is 3.09. The molecule has 0 bridgehead atoms. The van der Waals surface area contributed by atoms with Gasteiger partial charge in [0.05, 0.1) is 11.3 Å². The van der Waals surface area contributed by atoms with Gasteiger partial charge in [-0.25, -0.2) is 0 Å². The highest BCUT2D eigenvalue weighted by molar-refractivity contribution is 5.86. The molecule has 0 saturated heterocycles. The number of nitrogens with zero attached hydrogens (tertiary/aromatic N) is 1. The lowest BCUT2D eigenvalue weighted by atomic mass is 9.90. The molecule has 5 heteroatoms. The van der Waals surface area contributed by atoms with Gasteiger partial charge < -0.3 is 0 Å². The summed E-state index contributed by atoms with van der Waals surface area (Å²) in [5.74, 6) is 0.0140. The second kappa shape index (κ2) is 6.75. The molecule has 1 saturated carbocycles. The van der Waals surface area contributed by atoms with Crippen molar-refractivity contribution in [2.75, 3.05) is 0 Å². The number of halogens is 3. The summed E-state index contributed by atoms with van der Waals surface area (Å²) in [6.07, 6.45) is 0.733. The van der Waals surface area contributed by atoms with E-state index in [9.17, 15) is 18.0 Å². The highest BCUT2D eigenvalue weighted by atomic mass is 19.4. The first-order valence-electron chi connectivity index (χ1n) is 8.10. The summed E-state index contributed by atoms with van der Waals surface area (Å²) in [4.78, 5) is 16.5. The summed E-state index contributed by atoms with van der Waals surface area (Å²) in [5, 5.41) is 0. The molecule has 2 nitrogen and oxygen atoms in total. The summed E-state index contributed by atoms with van der Waals surface area (Å²) in [6, 6.07) is 8.88. The lowest BCUT2D eigenvalue weighted by molar-refractivity contribution is -0.137. The smallest absolute Gasteiger partial charge is 0.299 e. The minimum Gasteiger partial charge on any atom is -0.299 e. The van der Waals surface area contributed by atoms with E-state index in [-0.39, 0.29) is 29.4 Å². The van der Waals surface area contributed by atoms with Crippen LogP contribution >= 0.6 is 0 Å². The second-order valence-corrected chi connectivity index (χ2v) is 6.18. The summed E-state index contributed by atoms with van der Waals surface area (Å²) in [7, 11) is 0. The Bertz CT molecular complexity index is 719. The molecule has 0 amide bonds. The quantitative estimate of drug-likeness (QED) is 0.782. The molecule has 0 aliphatic heterocycles. The van der Waals surface area contributed by atoms with E-state index in [0.29, 0.717) is 5.56 Å². The van der Waals surface area contributed by atoms with Gasteiger partial charge in [0.2, 0.25) is 0 Å². The van der Waals surface area contributed by atoms with Crippen molar-refractivity contribution in [3.63, 3.8) is 0 Å². The van der Waals surface area contributed by atoms with Crippen LogP contribution < -0.4 is 0 Å². The Labute approximate surface area is 138 Å². The molecule has 126 valence electrons. The molecule has 1 aromatic carbocycles. The van der Waals surface area contributed by atoms with Crippen molar-refractivity contribution in [2.24, 2.45) is 5.92 Å². The molecule has 1 aromatic heterocycles. The standard InChI is InChI=1S/C19H18F3NO/c20-19(21,22)15-9-5-8-14(12-17(24)13-6-1-2-7-13)18(15)16-10-3-4-11-23-16/h3-5,8-11,13H,1-2,6-7,12H2. The zero-order valence-electron chi connectivity index (χ0n) is 13.1. The molecule has 1 aliphatic carbocycles. The Balaban J connectivity index is 2.03. The molecule has 3 rings (SSSR count). The maximum absolute atomic E-state index is 13.4. The third-order valence-corrected chi connectivity index (χ3v) is 4.55. The van der Waals surface area contributed by atoms with Gasteiger partial charge in [0, 0.05) is 24.1 Å². The van der Waals surface area contributed by atoms with Gasteiger partial charge in [-0.05, 0) is 36.6 Å². The number of carbonyl (C=O) groups is 1. The van der Waals surface area contributed by atoms with E-state index in [1.165, 1.54) is 12.3 Å². The first kappa shape index (κ1) is 16.7. The molecule has 1 aliphatic rings. The van der Waals surface area contributed by atoms with Crippen LogP contribution in [0.3, 0.4) is 0 Å². The predicted octanol–water partition coefficient (Wildman–Crippen LogP) is 5.07. The number of pyridine rings is 1. The highest BCUT2D eigenvalue weighted by Crippen LogP contribution is 2.39. The normalized spacial score (nSPS) is 15.6. The highest BCUT2D eigenvalue weighted by Gasteiger charge is 2.35. The molecule has 24 heavy (non-hydrogen) atoms. The van der Waals surface area contributed by atoms with Crippen LogP contribution in [-0.2, 0) is 17.4 Å². The summed E-state index contributed by atoms with van der Waals surface area (Å²) in [6.45, 7) is 0. The Morgan fingerprint density at radius 3 is 2.46 bits per heavy atom. The molecule has 0 spiro atoms. The van der Waals surface area contributed by atoms with Crippen LogP contribution in [0, 0.1) is 5.92 Å². The van der Waals surface area contributed by atoms with Gasteiger partial charge in [-0.15, -0.1) is 0 Å². The van der Waals surface area contributed by atoms with Gasteiger partial charge in [-0.3, -0.25) is 9.78 Å². The number of ketones is 1. The molecule has 1 fully saturated rings. The largest absolute Gasteiger partial charge is 0.417 e. The second-order valence-electron chi connectivity index (χ2n) is 6.18. The molecule has 1 heterocycles. The topological polar surface area (TPSA) is 30.0 Å². The number of Topliss-reactive ketones (excluding diaryl/α,β-unsaturated/α-hetero) is 1. The molecule has 0 N–H and O–H groups in total. The number of aromatic nitrogens is 1. The van der Waals surface area contributed by atoms with Crippen LogP contribution in [-0.4, -0.2) is 10.8 Å². The fourth-order valence-corrected chi connectivity index (χ4v) is 3.38. The molecule has 0 unspecified atom stereocenters. The van der Waals surface area contributed by atoms with Crippen molar-refractivity contribution >= 4 is 5.78 Å². The number of alkyl halides is 3. The van der Waals surface area contributed by atoms with Crippen LogP contribution in [0.4, 0.5) is 13.2 Å². The van der Waals surface area contributed by atoms with E-state index in [2.05, 4.69) is 4.98 Å². The van der Waals surface area contributed by atoms with Crippen molar-refractivity contribution in [1.29, 1.82) is 0 Å². The van der Waals surface area contributed by atoms with Gasteiger partial charge in [-0.2, -0.15) is 13.2 Å². The molecular formula is C19H18F3NO. The van der Waals surface area contributed by atoms with Crippen molar-refractivity contribution in [2.45, 2.75) is 38.3 Å². The minimum atomic E-state index is -4.49. The fourth-order valence-electron chi connectivity index (χ4n) is 3.38. The lowest BCUT2D eigenvalue weighted by Crippen LogP contribution is -2.16. The molecular weight excluding hydrogens is 315 g/mol. The van der Waals surface area contributed by atoms with Gasteiger partial charge >= 0.3 is 6.18 Å². The SMILES string of the molecule is O=C(Cc1cccc(C(F)(F)F)c1-c1ccccn1)C1CCCC1. The number of carbonyl (C=O) groups excluding carboxylic acids is 1.